The summed E-state index contributed by atoms with van der Waals surface area (Å²) >= 11 is 0. The molecule has 0 aliphatic heterocycles. The number of hydrogen-bond acceptors (Lipinski definition) is 2. The van der Waals surface area contributed by atoms with Crippen LogP contribution in [0.15, 0.2) is 192 Å². The highest BCUT2D eigenvalue weighted by Gasteiger charge is 2.22. The predicted molar refractivity (Wildman–Crippen MR) is 212 cm³/mol. The lowest BCUT2D eigenvalue weighted by molar-refractivity contribution is 0.669. The molecule has 1 heterocycles. The quantitative estimate of drug-likeness (QED) is 0.175. The Bertz CT molecular complexity index is 2870. The molecular formula is C48H31NO. The van der Waals surface area contributed by atoms with Crippen molar-refractivity contribution in [3.8, 4) is 22.3 Å². The molecule has 234 valence electrons. The summed E-state index contributed by atoms with van der Waals surface area (Å²) in [5.41, 5.74) is 9.74. The number of para-hydroxylation sites is 1. The van der Waals surface area contributed by atoms with Crippen molar-refractivity contribution in [3.05, 3.63) is 188 Å². The van der Waals surface area contributed by atoms with Gasteiger partial charge < -0.3 is 9.32 Å². The third-order valence-corrected chi connectivity index (χ3v) is 10.0. The number of hydrogen-bond donors (Lipinski definition) is 0. The maximum absolute atomic E-state index is 6.59. The van der Waals surface area contributed by atoms with Crippen molar-refractivity contribution in [1.82, 2.24) is 0 Å². The van der Waals surface area contributed by atoms with Gasteiger partial charge in [-0.15, -0.1) is 0 Å². The molecule has 0 radical (unpaired) electrons. The Kier molecular flexibility index (Phi) is 6.53. The number of furan rings is 1. The summed E-state index contributed by atoms with van der Waals surface area (Å²) < 4.78 is 6.59. The molecule has 2 nitrogen and oxygen atoms in total. The second-order valence-electron chi connectivity index (χ2n) is 12.9. The second-order valence-corrected chi connectivity index (χ2v) is 12.9. The Morgan fingerprint density at radius 1 is 0.340 bits per heavy atom. The number of rotatable bonds is 5. The van der Waals surface area contributed by atoms with Crippen molar-refractivity contribution in [1.29, 1.82) is 0 Å². The Morgan fingerprint density at radius 3 is 1.68 bits per heavy atom. The molecule has 0 atom stereocenters. The van der Waals surface area contributed by atoms with Gasteiger partial charge >= 0.3 is 0 Å². The highest BCUT2D eigenvalue weighted by molar-refractivity contribution is 6.22. The largest absolute Gasteiger partial charge is 0.456 e. The van der Waals surface area contributed by atoms with Crippen LogP contribution in [-0.4, -0.2) is 0 Å². The van der Waals surface area contributed by atoms with Crippen LogP contribution in [0.1, 0.15) is 0 Å². The summed E-state index contributed by atoms with van der Waals surface area (Å²) in [5, 5.41) is 9.54. The van der Waals surface area contributed by atoms with Crippen LogP contribution in [0.4, 0.5) is 17.1 Å². The van der Waals surface area contributed by atoms with Crippen molar-refractivity contribution in [2.75, 3.05) is 4.90 Å². The molecule has 9 aromatic carbocycles. The van der Waals surface area contributed by atoms with Crippen LogP contribution >= 0.6 is 0 Å². The van der Waals surface area contributed by atoms with E-state index < -0.39 is 0 Å². The highest BCUT2D eigenvalue weighted by atomic mass is 16.3. The zero-order chi connectivity index (χ0) is 33.0. The Morgan fingerprint density at radius 2 is 0.900 bits per heavy atom. The first kappa shape index (κ1) is 28.4. The van der Waals surface area contributed by atoms with Gasteiger partial charge in [-0.1, -0.05) is 152 Å². The summed E-state index contributed by atoms with van der Waals surface area (Å²) in [5.74, 6) is 0. The molecule has 10 aromatic rings. The summed E-state index contributed by atoms with van der Waals surface area (Å²) in [6, 6.07) is 67.6. The van der Waals surface area contributed by atoms with E-state index in [0.717, 1.165) is 44.4 Å². The fourth-order valence-corrected chi connectivity index (χ4v) is 7.71. The molecule has 10 rings (SSSR count). The Labute approximate surface area is 290 Å². The first-order chi connectivity index (χ1) is 24.8. The van der Waals surface area contributed by atoms with Crippen LogP contribution in [0, 0.1) is 0 Å². The van der Waals surface area contributed by atoms with Gasteiger partial charge in [0.25, 0.3) is 0 Å². The molecule has 50 heavy (non-hydrogen) atoms. The van der Waals surface area contributed by atoms with Gasteiger partial charge in [0.05, 0.1) is 5.69 Å². The van der Waals surface area contributed by atoms with Crippen LogP contribution in [-0.2, 0) is 0 Å². The van der Waals surface area contributed by atoms with Gasteiger partial charge in [-0.05, 0) is 79.5 Å². The second kappa shape index (κ2) is 11.5. The standard InChI is InChI=1S/C48H31NO/c1-3-13-32(14-4-1)39-28-27-37(30-43(39)33-15-5-2-6-16-33)49(36-26-25-35-24-23-34-17-7-8-18-38(34)44(35)29-36)45-31-47-48(41-20-10-9-19-40(41)45)42-21-11-12-22-46(42)50-47/h1-31H. The van der Waals surface area contributed by atoms with E-state index in [1.165, 1.54) is 49.2 Å². The van der Waals surface area contributed by atoms with Gasteiger partial charge in [0.15, 0.2) is 0 Å². The van der Waals surface area contributed by atoms with Crippen LogP contribution in [0.25, 0.3) is 76.5 Å². The van der Waals surface area contributed by atoms with Crippen molar-refractivity contribution in [3.63, 3.8) is 0 Å². The molecule has 0 spiro atoms. The van der Waals surface area contributed by atoms with E-state index in [2.05, 4.69) is 187 Å². The zero-order valence-corrected chi connectivity index (χ0v) is 27.3. The first-order valence-electron chi connectivity index (χ1n) is 17.1. The molecule has 0 fully saturated rings. The third-order valence-electron chi connectivity index (χ3n) is 10.0. The summed E-state index contributed by atoms with van der Waals surface area (Å²) in [4.78, 5) is 2.41. The molecule has 1 aromatic heterocycles. The molecule has 0 amide bonds. The molecule has 0 unspecified atom stereocenters. The molecule has 0 saturated carbocycles. The molecular weight excluding hydrogens is 607 g/mol. The molecule has 0 aliphatic rings. The minimum absolute atomic E-state index is 0.875. The maximum Gasteiger partial charge on any atom is 0.138 e. The van der Waals surface area contributed by atoms with E-state index in [9.17, 15) is 0 Å². The fraction of sp³-hybridized carbons (Fsp3) is 0. The summed E-state index contributed by atoms with van der Waals surface area (Å²) in [7, 11) is 0. The average Bonchev–Trinajstić information content (AvgIpc) is 3.57. The van der Waals surface area contributed by atoms with E-state index in [1.54, 1.807) is 0 Å². The number of anilines is 3. The monoisotopic (exact) mass is 637 g/mol. The normalized spacial score (nSPS) is 11.6. The van der Waals surface area contributed by atoms with Crippen LogP contribution in [0.3, 0.4) is 0 Å². The number of benzene rings is 9. The molecule has 0 aliphatic carbocycles. The van der Waals surface area contributed by atoms with Crippen molar-refractivity contribution in [2.45, 2.75) is 0 Å². The highest BCUT2D eigenvalue weighted by Crippen LogP contribution is 2.47. The minimum Gasteiger partial charge on any atom is -0.456 e. The third kappa shape index (κ3) is 4.57. The van der Waals surface area contributed by atoms with E-state index >= 15 is 0 Å². The average molecular weight is 638 g/mol. The lowest BCUT2D eigenvalue weighted by Crippen LogP contribution is -2.11. The molecule has 0 bridgehead atoms. The number of fused-ring (bicyclic) bond motifs is 8. The maximum atomic E-state index is 6.59. The molecule has 2 heteroatoms. The lowest BCUT2D eigenvalue weighted by atomic mass is 9.93. The van der Waals surface area contributed by atoms with Gasteiger partial charge in [-0.25, -0.2) is 0 Å². The van der Waals surface area contributed by atoms with E-state index in [1.807, 2.05) is 6.07 Å². The van der Waals surface area contributed by atoms with Crippen LogP contribution in [0.5, 0.6) is 0 Å². The van der Waals surface area contributed by atoms with E-state index in [-0.39, 0.29) is 0 Å². The van der Waals surface area contributed by atoms with Gasteiger partial charge in [-0.3, -0.25) is 0 Å². The minimum atomic E-state index is 0.875. The van der Waals surface area contributed by atoms with Crippen molar-refractivity contribution < 1.29 is 4.42 Å². The van der Waals surface area contributed by atoms with Crippen molar-refractivity contribution in [2.24, 2.45) is 0 Å². The van der Waals surface area contributed by atoms with Crippen LogP contribution < -0.4 is 4.90 Å². The number of nitrogens with zero attached hydrogens (tertiary/aromatic N) is 1. The van der Waals surface area contributed by atoms with Gasteiger partial charge in [0.1, 0.15) is 11.2 Å². The van der Waals surface area contributed by atoms with Crippen molar-refractivity contribution >= 4 is 71.3 Å². The topological polar surface area (TPSA) is 16.4 Å². The Hall–Kier alpha value is -6.64. The van der Waals surface area contributed by atoms with E-state index in [4.69, 9.17) is 4.42 Å². The van der Waals surface area contributed by atoms with Gasteiger partial charge in [0.2, 0.25) is 0 Å². The summed E-state index contributed by atoms with van der Waals surface area (Å²) in [6.45, 7) is 0. The smallest absolute Gasteiger partial charge is 0.138 e. The predicted octanol–water partition coefficient (Wildman–Crippen LogP) is 13.8. The lowest BCUT2D eigenvalue weighted by Gasteiger charge is -2.28. The van der Waals surface area contributed by atoms with Crippen LogP contribution in [0.2, 0.25) is 0 Å². The first-order valence-corrected chi connectivity index (χ1v) is 17.1. The fourth-order valence-electron chi connectivity index (χ4n) is 7.71. The molecule has 0 saturated heterocycles. The molecule has 0 N–H and O–H groups in total. The Balaban J connectivity index is 1.30. The van der Waals surface area contributed by atoms with Gasteiger partial charge in [0, 0.05) is 33.6 Å². The summed E-state index contributed by atoms with van der Waals surface area (Å²) in [6.07, 6.45) is 0. The SMILES string of the molecule is c1ccc(-c2ccc(N(c3ccc4ccc5ccccc5c4c3)c3cc4oc5ccccc5c4c4ccccc34)cc2-c2ccccc2)cc1. The van der Waals surface area contributed by atoms with Gasteiger partial charge in [-0.2, -0.15) is 0 Å². The van der Waals surface area contributed by atoms with E-state index in [0.29, 0.717) is 0 Å². The zero-order valence-electron chi connectivity index (χ0n) is 27.3.